The highest BCUT2D eigenvalue weighted by Gasteiger charge is 2.61. The molecule has 8 rings (SSSR count). The van der Waals surface area contributed by atoms with Gasteiger partial charge in [0.15, 0.2) is 0 Å². The minimum Gasteiger partial charge on any atom is -0.335 e. The van der Waals surface area contributed by atoms with Gasteiger partial charge in [-0.1, -0.05) is 94.6 Å². The minimum absolute atomic E-state index is 0.0792. The fourth-order valence-electron chi connectivity index (χ4n) is 8.73. The summed E-state index contributed by atoms with van der Waals surface area (Å²) >= 11 is 0. The maximum atomic E-state index is 2.80. The van der Waals surface area contributed by atoms with E-state index < -0.39 is 0 Å². The molecule has 3 aliphatic heterocycles. The van der Waals surface area contributed by atoms with Crippen molar-refractivity contribution in [1.29, 1.82) is 0 Å². The van der Waals surface area contributed by atoms with E-state index in [-0.39, 0.29) is 23.1 Å². The molecular formula is C37H39BN2. The quantitative estimate of drug-likeness (QED) is 0.209. The molecule has 0 aromatic heterocycles. The molecule has 200 valence electrons. The molecule has 1 saturated carbocycles. The Morgan fingerprint density at radius 1 is 0.750 bits per heavy atom. The van der Waals surface area contributed by atoms with Crippen molar-refractivity contribution in [2.45, 2.75) is 83.6 Å². The largest absolute Gasteiger partial charge is 0.335 e. The number of aryl methyl sites for hydroxylation is 1. The predicted octanol–water partition coefficient (Wildman–Crippen LogP) is 7.65. The molecule has 40 heavy (non-hydrogen) atoms. The Kier molecular flexibility index (Phi) is 4.77. The van der Waals surface area contributed by atoms with Crippen LogP contribution in [0.15, 0.2) is 78.9 Å². The van der Waals surface area contributed by atoms with Gasteiger partial charge in [0, 0.05) is 33.9 Å². The van der Waals surface area contributed by atoms with Crippen molar-refractivity contribution in [3.8, 4) is 0 Å². The molecule has 2 unspecified atom stereocenters. The second kappa shape index (κ2) is 7.84. The van der Waals surface area contributed by atoms with Gasteiger partial charge in [-0.05, 0) is 90.0 Å². The Balaban J connectivity index is 1.43. The molecule has 4 aromatic rings. The highest BCUT2D eigenvalue weighted by atomic mass is 15.3. The molecule has 1 aliphatic carbocycles. The van der Waals surface area contributed by atoms with Crippen LogP contribution in [0.4, 0.5) is 28.4 Å². The van der Waals surface area contributed by atoms with Gasteiger partial charge < -0.3 is 9.80 Å². The van der Waals surface area contributed by atoms with Gasteiger partial charge in [-0.2, -0.15) is 0 Å². The third kappa shape index (κ3) is 2.91. The third-order valence-electron chi connectivity index (χ3n) is 11.0. The highest BCUT2D eigenvalue weighted by molar-refractivity contribution is 7.00. The normalized spacial score (nSPS) is 23.9. The minimum atomic E-state index is 0.0792. The number of nitrogens with zero attached hydrogens (tertiary/aromatic N) is 2. The number of hydrogen-bond donors (Lipinski definition) is 0. The Morgan fingerprint density at radius 3 is 2.25 bits per heavy atom. The summed E-state index contributed by atoms with van der Waals surface area (Å²) in [6.45, 7) is 14.5. The zero-order chi connectivity index (χ0) is 27.6. The highest BCUT2D eigenvalue weighted by Crippen LogP contribution is 2.61. The lowest BCUT2D eigenvalue weighted by atomic mass is 9.33. The van der Waals surface area contributed by atoms with E-state index in [1.54, 1.807) is 5.56 Å². The summed E-state index contributed by atoms with van der Waals surface area (Å²) in [6.07, 6.45) is 5.12. The Morgan fingerprint density at radius 2 is 1.48 bits per heavy atom. The molecule has 0 amide bonds. The summed E-state index contributed by atoms with van der Waals surface area (Å²) < 4.78 is 0. The zero-order valence-electron chi connectivity index (χ0n) is 24.8. The molecule has 3 heterocycles. The van der Waals surface area contributed by atoms with Gasteiger partial charge >= 0.3 is 0 Å². The monoisotopic (exact) mass is 522 g/mol. The zero-order valence-corrected chi connectivity index (χ0v) is 24.8. The standard InChI is InChI=1S/C37H39BN2/c1-24-15-20-30-29(23-24)38-28-12-9-11-27-34(28)40(37(6)22-8-7-21-36(27,37)5)32-14-10-13-31(33(32)38)39(30)26-18-16-25(17-19-26)35(2,3)4/h9-20,23H,7-8,21-22H2,1-6H3. The summed E-state index contributed by atoms with van der Waals surface area (Å²) in [7, 11) is 0. The van der Waals surface area contributed by atoms with Gasteiger partial charge in [0.25, 0.3) is 6.71 Å². The summed E-state index contributed by atoms with van der Waals surface area (Å²) in [5, 5.41) is 0. The van der Waals surface area contributed by atoms with Crippen LogP contribution < -0.4 is 26.2 Å². The van der Waals surface area contributed by atoms with Crippen LogP contribution in [0.2, 0.25) is 0 Å². The topological polar surface area (TPSA) is 6.48 Å². The number of fused-ring (bicyclic) bond motifs is 7. The van der Waals surface area contributed by atoms with Crippen LogP contribution in [0.1, 0.15) is 77.0 Å². The molecule has 0 radical (unpaired) electrons. The first-order valence-electron chi connectivity index (χ1n) is 15.2. The molecular weight excluding hydrogens is 483 g/mol. The lowest BCUT2D eigenvalue weighted by Crippen LogP contribution is -2.64. The van der Waals surface area contributed by atoms with Crippen LogP contribution in [0.3, 0.4) is 0 Å². The molecule has 4 aromatic carbocycles. The van der Waals surface area contributed by atoms with E-state index in [1.165, 1.54) is 81.6 Å². The molecule has 1 fully saturated rings. The van der Waals surface area contributed by atoms with Crippen LogP contribution in [0, 0.1) is 6.92 Å². The first-order valence-corrected chi connectivity index (χ1v) is 15.2. The van der Waals surface area contributed by atoms with E-state index in [2.05, 4.69) is 130 Å². The third-order valence-corrected chi connectivity index (χ3v) is 11.0. The van der Waals surface area contributed by atoms with Crippen molar-refractivity contribution in [3.05, 3.63) is 95.6 Å². The molecule has 0 N–H and O–H groups in total. The van der Waals surface area contributed by atoms with E-state index in [0.717, 1.165) is 0 Å². The summed E-state index contributed by atoms with van der Waals surface area (Å²) in [5.74, 6) is 0. The van der Waals surface area contributed by atoms with Crippen LogP contribution in [0.5, 0.6) is 0 Å². The van der Waals surface area contributed by atoms with Crippen molar-refractivity contribution in [3.63, 3.8) is 0 Å². The van der Waals surface area contributed by atoms with Gasteiger partial charge in [0.2, 0.25) is 0 Å². The van der Waals surface area contributed by atoms with Gasteiger partial charge in [-0.3, -0.25) is 0 Å². The molecule has 0 spiro atoms. The van der Waals surface area contributed by atoms with Crippen molar-refractivity contribution in [2.24, 2.45) is 0 Å². The summed E-state index contributed by atoms with van der Waals surface area (Å²) in [6, 6.07) is 30.7. The van der Waals surface area contributed by atoms with Gasteiger partial charge in [0.1, 0.15) is 0 Å². The van der Waals surface area contributed by atoms with Gasteiger partial charge in [-0.25, -0.2) is 0 Å². The smallest absolute Gasteiger partial charge is 0.252 e. The molecule has 2 atom stereocenters. The summed E-state index contributed by atoms with van der Waals surface area (Å²) in [4.78, 5) is 5.33. The van der Waals surface area contributed by atoms with Gasteiger partial charge in [-0.15, -0.1) is 0 Å². The van der Waals surface area contributed by atoms with Crippen LogP contribution in [-0.2, 0) is 10.8 Å². The van der Waals surface area contributed by atoms with E-state index in [4.69, 9.17) is 0 Å². The average Bonchev–Trinajstić information content (AvgIpc) is 3.15. The summed E-state index contributed by atoms with van der Waals surface area (Å²) in [5.41, 5.74) is 15.8. The molecule has 4 aliphatic rings. The van der Waals surface area contributed by atoms with E-state index >= 15 is 0 Å². The SMILES string of the molecule is Cc1ccc2c(c1)B1c3cccc4c3N(c3cccc(c31)N2c1ccc(C(C)(C)C)cc1)C1(C)CCCCC41C. The average molecular weight is 523 g/mol. The van der Waals surface area contributed by atoms with Gasteiger partial charge in [0.05, 0.1) is 5.54 Å². The van der Waals surface area contributed by atoms with Crippen molar-refractivity contribution in [2.75, 3.05) is 9.80 Å². The molecule has 3 heteroatoms. The van der Waals surface area contributed by atoms with Crippen molar-refractivity contribution >= 4 is 51.5 Å². The molecule has 0 bridgehead atoms. The van der Waals surface area contributed by atoms with E-state index in [9.17, 15) is 0 Å². The van der Waals surface area contributed by atoms with Crippen molar-refractivity contribution in [1.82, 2.24) is 0 Å². The maximum absolute atomic E-state index is 2.80. The lowest BCUT2D eigenvalue weighted by Gasteiger charge is -2.52. The second-order valence-corrected chi connectivity index (χ2v) is 14.2. The molecule has 0 saturated heterocycles. The number of rotatable bonds is 1. The second-order valence-electron chi connectivity index (χ2n) is 14.2. The van der Waals surface area contributed by atoms with Crippen molar-refractivity contribution < 1.29 is 0 Å². The number of anilines is 5. The van der Waals surface area contributed by atoms with E-state index in [0.29, 0.717) is 0 Å². The van der Waals surface area contributed by atoms with E-state index in [1.807, 2.05) is 0 Å². The Bertz CT molecular complexity index is 1700. The fraction of sp³-hybridized carbons (Fsp3) is 0.351. The first kappa shape index (κ1) is 24.4. The number of para-hydroxylation sites is 1. The van der Waals surface area contributed by atoms with Crippen LogP contribution >= 0.6 is 0 Å². The van der Waals surface area contributed by atoms with Crippen LogP contribution in [-0.4, -0.2) is 12.3 Å². The Hall–Kier alpha value is -3.46. The lowest BCUT2D eigenvalue weighted by molar-refractivity contribution is 0.195. The fourth-order valence-corrected chi connectivity index (χ4v) is 8.73. The van der Waals surface area contributed by atoms with Crippen LogP contribution in [0.25, 0.3) is 0 Å². The number of benzene rings is 4. The maximum Gasteiger partial charge on any atom is 0.252 e. The Labute approximate surface area is 240 Å². The molecule has 2 nitrogen and oxygen atoms in total. The predicted molar refractivity (Wildman–Crippen MR) is 172 cm³/mol. The number of hydrogen-bond acceptors (Lipinski definition) is 2. The first-order chi connectivity index (χ1) is 19.1.